The highest BCUT2D eigenvalue weighted by atomic mass is 16.5. The van der Waals surface area contributed by atoms with Crippen molar-refractivity contribution in [1.29, 1.82) is 0 Å². The highest BCUT2D eigenvalue weighted by molar-refractivity contribution is 5.98. The Kier molecular flexibility index (Phi) is 9.89. The summed E-state index contributed by atoms with van der Waals surface area (Å²) < 4.78 is 6.02. The number of nitrogens with zero attached hydrogens (tertiary/aromatic N) is 2. The minimum atomic E-state index is -0.490. The van der Waals surface area contributed by atoms with E-state index in [1.165, 1.54) is 18.4 Å². The molecule has 0 aromatic heterocycles. The fourth-order valence-electron chi connectivity index (χ4n) is 6.79. The molecular formula is C33H46N4O3. The van der Waals surface area contributed by atoms with Crippen LogP contribution in [0.4, 0.5) is 0 Å². The van der Waals surface area contributed by atoms with Crippen LogP contribution in [0.2, 0.25) is 0 Å². The van der Waals surface area contributed by atoms with Gasteiger partial charge in [-0.3, -0.25) is 14.5 Å². The summed E-state index contributed by atoms with van der Waals surface area (Å²) in [4.78, 5) is 31.8. The number of hydrogen-bond acceptors (Lipinski definition) is 5. The summed E-state index contributed by atoms with van der Waals surface area (Å²) in [7, 11) is 0. The van der Waals surface area contributed by atoms with Gasteiger partial charge in [-0.1, -0.05) is 54.4 Å². The molecule has 7 nitrogen and oxygen atoms in total. The molecule has 2 amide bonds. The van der Waals surface area contributed by atoms with E-state index in [0.29, 0.717) is 36.9 Å². The first-order valence-electron chi connectivity index (χ1n) is 15.2. The fraction of sp³-hybridized carbons (Fsp3) is 0.576. The second-order valence-electron chi connectivity index (χ2n) is 12.2. The normalized spacial score (nSPS) is 26.8. The quantitative estimate of drug-likeness (QED) is 0.468. The Morgan fingerprint density at radius 2 is 1.77 bits per heavy atom. The van der Waals surface area contributed by atoms with Crippen molar-refractivity contribution in [3.63, 3.8) is 0 Å². The Balaban J connectivity index is 1.34. The molecule has 3 aliphatic rings. The lowest BCUT2D eigenvalue weighted by molar-refractivity contribution is -0.125. The van der Waals surface area contributed by atoms with Crippen LogP contribution >= 0.6 is 0 Å². The topological polar surface area (TPSA) is 87.9 Å². The lowest BCUT2D eigenvalue weighted by Crippen LogP contribution is -2.47. The van der Waals surface area contributed by atoms with Crippen molar-refractivity contribution in [3.8, 4) is 0 Å². The number of ether oxygens (including phenoxy) is 1. The summed E-state index contributed by atoms with van der Waals surface area (Å²) in [6.07, 6.45) is 7.52. The Labute approximate surface area is 239 Å². The van der Waals surface area contributed by atoms with Crippen LogP contribution in [0.15, 0.2) is 54.6 Å². The molecule has 2 saturated heterocycles. The van der Waals surface area contributed by atoms with Gasteiger partial charge in [0.1, 0.15) is 6.04 Å². The highest BCUT2D eigenvalue weighted by Crippen LogP contribution is 2.30. The maximum Gasteiger partial charge on any atom is 0.254 e. The van der Waals surface area contributed by atoms with Gasteiger partial charge in [0.25, 0.3) is 5.91 Å². The number of carbonyl (C=O) groups excluding carboxylic acids is 2. The van der Waals surface area contributed by atoms with Gasteiger partial charge in [0.2, 0.25) is 5.91 Å². The molecule has 2 aromatic rings. The van der Waals surface area contributed by atoms with E-state index in [0.717, 1.165) is 57.5 Å². The van der Waals surface area contributed by atoms with Gasteiger partial charge in [-0.2, -0.15) is 0 Å². The summed E-state index contributed by atoms with van der Waals surface area (Å²) in [5.41, 5.74) is 8.93. The van der Waals surface area contributed by atoms with Gasteiger partial charge in [0.15, 0.2) is 0 Å². The van der Waals surface area contributed by atoms with Gasteiger partial charge in [-0.25, -0.2) is 0 Å². The number of amides is 2. The average molecular weight is 547 g/mol. The number of nitrogens with one attached hydrogen (secondary N) is 1. The Bertz CT molecular complexity index is 1100. The first-order chi connectivity index (χ1) is 19.5. The standard InChI is InChI=1S/C33H46N4O3/c1-24-12-14-28(15-13-24)33(39)37-22-29(18-31(37)32(38)35-20-27-10-5-9-26(17-27)19-34)36(23-30-11-6-16-40-30)21-25-7-3-2-4-8-25/h2-4,7-8,12-15,26-27,29-31H,5-6,9-11,16-23,34H2,1H3,(H,35,38). The molecule has 3 N–H and O–H groups in total. The second-order valence-corrected chi connectivity index (χ2v) is 12.2. The Hall–Kier alpha value is -2.74. The zero-order valence-corrected chi connectivity index (χ0v) is 24.0. The highest BCUT2D eigenvalue weighted by Gasteiger charge is 2.42. The largest absolute Gasteiger partial charge is 0.377 e. The van der Waals surface area contributed by atoms with E-state index in [-0.39, 0.29) is 24.0 Å². The molecule has 0 radical (unpaired) electrons. The third-order valence-corrected chi connectivity index (χ3v) is 9.14. The Morgan fingerprint density at radius 3 is 2.50 bits per heavy atom. The molecule has 2 aliphatic heterocycles. The predicted octanol–water partition coefficient (Wildman–Crippen LogP) is 4.14. The zero-order valence-electron chi connectivity index (χ0n) is 24.0. The summed E-state index contributed by atoms with van der Waals surface area (Å²) >= 11 is 0. The minimum Gasteiger partial charge on any atom is -0.377 e. The van der Waals surface area contributed by atoms with Crippen LogP contribution in [-0.2, 0) is 16.1 Å². The monoisotopic (exact) mass is 546 g/mol. The van der Waals surface area contributed by atoms with Crippen molar-refractivity contribution in [2.45, 2.75) is 76.6 Å². The number of carbonyl (C=O) groups is 2. The van der Waals surface area contributed by atoms with Gasteiger partial charge < -0.3 is 20.7 Å². The number of benzene rings is 2. The molecule has 5 unspecified atom stereocenters. The lowest BCUT2D eigenvalue weighted by Gasteiger charge is -2.31. The number of nitrogens with two attached hydrogens (primary N) is 1. The Morgan fingerprint density at radius 1 is 1.00 bits per heavy atom. The molecule has 7 heteroatoms. The van der Waals surface area contributed by atoms with E-state index in [2.05, 4.69) is 34.5 Å². The van der Waals surface area contributed by atoms with Crippen molar-refractivity contribution in [2.75, 3.05) is 32.8 Å². The number of hydrogen-bond donors (Lipinski definition) is 2. The van der Waals surface area contributed by atoms with E-state index in [9.17, 15) is 9.59 Å². The molecule has 0 spiro atoms. The molecule has 3 fully saturated rings. The molecule has 216 valence electrons. The van der Waals surface area contributed by atoms with E-state index in [4.69, 9.17) is 10.5 Å². The van der Waals surface area contributed by atoms with E-state index < -0.39 is 6.04 Å². The van der Waals surface area contributed by atoms with Crippen molar-refractivity contribution in [1.82, 2.24) is 15.1 Å². The third kappa shape index (κ3) is 7.31. The molecule has 2 heterocycles. The van der Waals surface area contributed by atoms with Crippen LogP contribution in [0.25, 0.3) is 0 Å². The van der Waals surface area contributed by atoms with Crippen LogP contribution in [0.5, 0.6) is 0 Å². The third-order valence-electron chi connectivity index (χ3n) is 9.14. The average Bonchev–Trinajstić information content (AvgIpc) is 3.67. The predicted molar refractivity (Wildman–Crippen MR) is 158 cm³/mol. The minimum absolute atomic E-state index is 0.0328. The van der Waals surface area contributed by atoms with E-state index in [1.54, 1.807) is 0 Å². The summed E-state index contributed by atoms with van der Waals surface area (Å²) in [5, 5.41) is 3.25. The smallest absolute Gasteiger partial charge is 0.254 e. The molecule has 5 atom stereocenters. The maximum atomic E-state index is 13.8. The van der Waals surface area contributed by atoms with Crippen molar-refractivity contribution in [3.05, 3.63) is 71.3 Å². The number of aryl methyl sites for hydroxylation is 1. The summed E-state index contributed by atoms with van der Waals surface area (Å²) in [6, 6.07) is 17.7. The van der Waals surface area contributed by atoms with Gasteiger partial charge in [0.05, 0.1) is 6.10 Å². The first-order valence-corrected chi connectivity index (χ1v) is 15.2. The summed E-state index contributed by atoms with van der Waals surface area (Å²) in [5.74, 6) is 0.907. The van der Waals surface area contributed by atoms with Crippen LogP contribution < -0.4 is 11.1 Å². The molecule has 1 saturated carbocycles. The van der Waals surface area contributed by atoms with Crippen LogP contribution in [0, 0.1) is 18.8 Å². The number of likely N-dealkylation sites (tertiary alicyclic amines) is 1. The van der Waals surface area contributed by atoms with Crippen LogP contribution in [0.3, 0.4) is 0 Å². The number of rotatable bonds is 10. The summed E-state index contributed by atoms with van der Waals surface area (Å²) in [6.45, 7) is 6.32. The molecule has 1 aliphatic carbocycles. The van der Waals surface area contributed by atoms with Crippen LogP contribution in [-0.4, -0.2) is 72.6 Å². The molecule has 0 bridgehead atoms. The zero-order chi connectivity index (χ0) is 27.9. The van der Waals surface area contributed by atoms with Crippen molar-refractivity contribution < 1.29 is 14.3 Å². The molecular weight excluding hydrogens is 500 g/mol. The van der Waals surface area contributed by atoms with Gasteiger partial charge in [-0.05, 0) is 81.5 Å². The van der Waals surface area contributed by atoms with Crippen molar-refractivity contribution in [2.24, 2.45) is 17.6 Å². The first kappa shape index (κ1) is 28.8. The van der Waals surface area contributed by atoms with Gasteiger partial charge >= 0.3 is 0 Å². The second kappa shape index (κ2) is 13.7. The van der Waals surface area contributed by atoms with E-state index in [1.807, 2.05) is 42.2 Å². The van der Waals surface area contributed by atoms with E-state index >= 15 is 0 Å². The van der Waals surface area contributed by atoms with Gasteiger partial charge in [0, 0.05) is 44.4 Å². The van der Waals surface area contributed by atoms with Gasteiger partial charge in [-0.15, -0.1) is 0 Å². The molecule has 2 aromatic carbocycles. The molecule has 40 heavy (non-hydrogen) atoms. The van der Waals surface area contributed by atoms with Crippen LogP contribution in [0.1, 0.15) is 66.4 Å². The maximum absolute atomic E-state index is 13.8. The SMILES string of the molecule is Cc1ccc(C(=O)N2CC(N(Cc3ccccc3)CC3CCCO3)CC2C(=O)NCC2CCCC(CN)C2)cc1. The lowest BCUT2D eigenvalue weighted by atomic mass is 9.81. The fourth-order valence-corrected chi connectivity index (χ4v) is 6.79. The molecule has 5 rings (SSSR count). The van der Waals surface area contributed by atoms with Crippen molar-refractivity contribution >= 4 is 11.8 Å².